The molecule has 1 fully saturated rings. The molecule has 1 aliphatic carbocycles. The number of hydrogen-bond acceptors (Lipinski definition) is 6. The van der Waals surface area contributed by atoms with E-state index in [-0.39, 0.29) is 5.91 Å². The number of ether oxygens (including phenoxy) is 2. The van der Waals surface area contributed by atoms with Crippen LogP contribution in [0.25, 0.3) is 0 Å². The predicted octanol–water partition coefficient (Wildman–Crippen LogP) is 3.30. The van der Waals surface area contributed by atoms with E-state index in [1.54, 1.807) is 21.1 Å². The third kappa shape index (κ3) is 4.40. The summed E-state index contributed by atoms with van der Waals surface area (Å²) in [6, 6.07) is 5.72. The Balaban J connectivity index is 1.66. The molecule has 0 aliphatic heterocycles. The number of nitrogens with zero attached hydrogens (tertiary/aromatic N) is 2. The molecule has 1 aromatic carbocycles. The van der Waals surface area contributed by atoms with E-state index in [4.69, 9.17) is 14.0 Å². The van der Waals surface area contributed by atoms with Crippen LogP contribution in [0.3, 0.4) is 0 Å². The number of rotatable bonds is 7. The van der Waals surface area contributed by atoms with Gasteiger partial charge in [0, 0.05) is 13.3 Å². The quantitative estimate of drug-likeness (QED) is 0.801. The molecule has 1 saturated carbocycles. The zero-order valence-corrected chi connectivity index (χ0v) is 16.2. The van der Waals surface area contributed by atoms with Crippen LogP contribution in [-0.2, 0) is 16.8 Å². The molecule has 0 spiro atoms. The van der Waals surface area contributed by atoms with E-state index in [1.165, 1.54) is 6.42 Å². The summed E-state index contributed by atoms with van der Waals surface area (Å²) >= 11 is 0. The van der Waals surface area contributed by atoms with Gasteiger partial charge in [0.15, 0.2) is 17.3 Å². The Morgan fingerprint density at radius 2 is 1.93 bits per heavy atom. The molecule has 1 aromatic heterocycles. The van der Waals surface area contributed by atoms with Crippen LogP contribution in [-0.4, -0.2) is 30.3 Å². The van der Waals surface area contributed by atoms with Gasteiger partial charge in [0.25, 0.3) is 0 Å². The number of methoxy groups -OCH3 is 2. The SMILES string of the molecule is COc1ccc(CCC(=O)NC2(c3noc(C)n3)CCCCC2)cc1OC. The molecule has 0 saturated heterocycles. The van der Waals surface area contributed by atoms with Crippen LogP contribution in [0.2, 0.25) is 0 Å². The number of aromatic nitrogens is 2. The summed E-state index contributed by atoms with van der Waals surface area (Å²) in [6.45, 7) is 1.77. The maximum atomic E-state index is 12.7. The molecule has 146 valence electrons. The summed E-state index contributed by atoms with van der Waals surface area (Å²) in [5, 5.41) is 7.30. The van der Waals surface area contributed by atoms with Crippen molar-refractivity contribution in [3.05, 3.63) is 35.5 Å². The first kappa shape index (κ1) is 19.2. The Hall–Kier alpha value is -2.57. The molecular formula is C20H27N3O4. The molecule has 1 aliphatic rings. The van der Waals surface area contributed by atoms with Gasteiger partial charge in [-0.1, -0.05) is 30.5 Å². The number of carbonyl (C=O) groups excluding carboxylic acids is 1. The van der Waals surface area contributed by atoms with Crippen molar-refractivity contribution in [1.82, 2.24) is 15.5 Å². The molecule has 0 radical (unpaired) electrons. The van der Waals surface area contributed by atoms with Crippen molar-refractivity contribution in [2.45, 2.75) is 57.4 Å². The van der Waals surface area contributed by atoms with Crippen molar-refractivity contribution in [1.29, 1.82) is 0 Å². The van der Waals surface area contributed by atoms with Gasteiger partial charge in [-0.2, -0.15) is 4.98 Å². The Kier molecular flexibility index (Phi) is 5.98. The predicted molar refractivity (Wildman–Crippen MR) is 99.8 cm³/mol. The summed E-state index contributed by atoms with van der Waals surface area (Å²) in [7, 11) is 3.21. The van der Waals surface area contributed by atoms with Crippen molar-refractivity contribution >= 4 is 5.91 Å². The molecule has 0 bridgehead atoms. The first-order valence-corrected chi connectivity index (χ1v) is 9.39. The summed E-state index contributed by atoms with van der Waals surface area (Å²) in [6.07, 6.45) is 5.94. The summed E-state index contributed by atoms with van der Waals surface area (Å²) in [5.74, 6) is 2.46. The van der Waals surface area contributed by atoms with Crippen LogP contribution < -0.4 is 14.8 Å². The first-order chi connectivity index (χ1) is 13.1. The molecule has 3 rings (SSSR count). The Morgan fingerprint density at radius 3 is 2.56 bits per heavy atom. The van der Waals surface area contributed by atoms with Gasteiger partial charge in [-0.3, -0.25) is 4.79 Å². The number of aryl methyl sites for hydroxylation is 2. The second-order valence-corrected chi connectivity index (χ2v) is 7.02. The lowest BCUT2D eigenvalue weighted by atomic mass is 9.81. The number of amides is 1. The average molecular weight is 373 g/mol. The third-order valence-electron chi connectivity index (χ3n) is 5.13. The van der Waals surface area contributed by atoms with Crippen LogP contribution in [0.1, 0.15) is 55.8 Å². The topological polar surface area (TPSA) is 86.5 Å². The van der Waals surface area contributed by atoms with E-state index in [1.807, 2.05) is 18.2 Å². The minimum atomic E-state index is -0.509. The van der Waals surface area contributed by atoms with E-state index >= 15 is 0 Å². The second kappa shape index (κ2) is 8.41. The molecular weight excluding hydrogens is 346 g/mol. The molecule has 0 unspecified atom stereocenters. The molecule has 27 heavy (non-hydrogen) atoms. The third-order valence-corrected chi connectivity index (χ3v) is 5.13. The van der Waals surface area contributed by atoms with Crippen LogP contribution in [0.15, 0.2) is 22.7 Å². The maximum Gasteiger partial charge on any atom is 0.223 e. The van der Waals surface area contributed by atoms with Gasteiger partial charge in [-0.15, -0.1) is 0 Å². The number of hydrogen-bond donors (Lipinski definition) is 1. The normalized spacial score (nSPS) is 16.0. The van der Waals surface area contributed by atoms with Gasteiger partial charge in [-0.25, -0.2) is 0 Å². The minimum absolute atomic E-state index is 0.00543. The van der Waals surface area contributed by atoms with Crippen molar-refractivity contribution < 1.29 is 18.8 Å². The fourth-order valence-corrected chi connectivity index (χ4v) is 3.68. The summed E-state index contributed by atoms with van der Waals surface area (Å²) in [5.41, 5.74) is 0.515. The fourth-order valence-electron chi connectivity index (χ4n) is 3.68. The lowest BCUT2D eigenvalue weighted by molar-refractivity contribution is -0.123. The van der Waals surface area contributed by atoms with Gasteiger partial charge < -0.3 is 19.3 Å². The van der Waals surface area contributed by atoms with E-state index in [0.29, 0.717) is 36.1 Å². The lowest BCUT2D eigenvalue weighted by Gasteiger charge is -2.35. The van der Waals surface area contributed by atoms with E-state index in [0.717, 1.165) is 31.2 Å². The van der Waals surface area contributed by atoms with Crippen molar-refractivity contribution in [2.24, 2.45) is 0 Å². The molecule has 1 heterocycles. The highest BCUT2D eigenvalue weighted by Gasteiger charge is 2.39. The Bertz CT molecular complexity index is 781. The van der Waals surface area contributed by atoms with Gasteiger partial charge >= 0.3 is 0 Å². The summed E-state index contributed by atoms with van der Waals surface area (Å²) < 4.78 is 15.7. The van der Waals surface area contributed by atoms with Crippen LogP contribution >= 0.6 is 0 Å². The Labute approximate surface area is 159 Å². The molecule has 2 aromatic rings. The van der Waals surface area contributed by atoms with E-state index in [9.17, 15) is 4.79 Å². The van der Waals surface area contributed by atoms with E-state index < -0.39 is 5.54 Å². The van der Waals surface area contributed by atoms with Crippen molar-refractivity contribution in [3.63, 3.8) is 0 Å². The Morgan fingerprint density at radius 1 is 1.19 bits per heavy atom. The van der Waals surface area contributed by atoms with Gasteiger partial charge in [0.2, 0.25) is 11.8 Å². The zero-order valence-electron chi connectivity index (χ0n) is 16.2. The second-order valence-electron chi connectivity index (χ2n) is 7.02. The molecule has 0 atom stereocenters. The first-order valence-electron chi connectivity index (χ1n) is 9.39. The molecule has 7 heteroatoms. The average Bonchev–Trinajstić information content (AvgIpc) is 3.14. The monoisotopic (exact) mass is 373 g/mol. The number of nitrogens with one attached hydrogen (secondary N) is 1. The van der Waals surface area contributed by atoms with Crippen molar-refractivity contribution in [2.75, 3.05) is 14.2 Å². The molecule has 1 N–H and O–H groups in total. The largest absolute Gasteiger partial charge is 0.493 e. The highest BCUT2D eigenvalue weighted by atomic mass is 16.5. The highest BCUT2D eigenvalue weighted by molar-refractivity contribution is 5.77. The molecule has 7 nitrogen and oxygen atoms in total. The van der Waals surface area contributed by atoms with Gasteiger partial charge in [-0.05, 0) is 37.0 Å². The minimum Gasteiger partial charge on any atom is -0.493 e. The summed E-state index contributed by atoms with van der Waals surface area (Å²) in [4.78, 5) is 17.1. The maximum absolute atomic E-state index is 12.7. The van der Waals surface area contributed by atoms with Crippen LogP contribution in [0, 0.1) is 6.92 Å². The smallest absolute Gasteiger partial charge is 0.223 e. The molecule has 1 amide bonds. The van der Waals surface area contributed by atoms with Gasteiger partial charge in [0.1, 0.15) is 5.54 Å². The van der Waals surface area contributed by atoms with Crippen LogP contribution in [0.5, 0.6) is 11.5 Å². The highest BCUT2D eigenvalue weighted by Crippen LogP contribution is 2.36. The standard InChI is InChI=1S/C20H27N3O4/c1-14-21-19(23-27-14)20(11-5-4-6-12-20)22-18(24)10-8-15-7-9-16(25-2)17(13-15)26-3/h7,9,13H,4-6,8,10-12H2,1-3H3,(H,22,24). The van der Waals surface area contributed by atoms with Crippen LogP contribution in [0.4, 0.5) is 0 Å². The number of benzene rings is 1. The zero-order chi connectivity index (χ0) is 19.3. The fraction of sp³-hybridized carbons (Fsp3) is 0.550. The lowest BCUT2D eigenvalue weighted by Crippen LogP contribution is -2.48. The van der Waals surface area contributed by atoms with E-state index in [2.05, 4.69) is 15.5 Å². The van der Waals surface area contributed by atoms with Gasteiger partial charge in [0.05, 0.1) is 14.2 Å². The number of carbonyl (C=O) groups is 1. The van der Waals surface area contributed by atoms with Crippen molar-refractivity contribution in [3.8, 4) is 11.5 Å².